The fraction of sp³-hybridized carbons (Fsp3) is 0.600. The van der Waals surface area contributed by atoms with Gasteiger partial charge in [0.25, 0.3) is 0 Å². The van der Waals surface area contributed by atoms with Crippen LogP contribution in [0.2, 0.25) is 0 Å². The molecule has 1 aliphatic rings. The van der Waals surface area contributed by atoms with E-state index in [4.69, 9.17) is 9.31 Å². The predicted molar refractivity (Wildman–Crippen MR) is 82.9 cm³/mol. The number of thiophene rings is 1. The minimum absolute atomic E-state index is 0.267. The summed E-state index contributed by atoms with van der Waals surface area (Å²) >= 11 is 1.72. The minimum atomic E-state index is -0.379. The molecule has 0 aliphatic carbocycles. The van der Waals surface area contributed by atoms with E-state index >= 15 is 0 Å². The second-order valence-electron chi connectivity index (χ2n) is 5.67. The summed E-state index contributed by atoms with van der Waals surface area (Å²) in [4.78, 5) is 0. The zero-order valence-electron chi connectivity index (χ0n) is 12.2. The molecule has 0 aromatic carbocycles. The van der Waals surface area contributed by atoms with E-state index in [1.54, 1.807) is 11.3 Å². The van der Waals surface area contributed by atoms with E-state index < -0.39 is 0 Å². The molecule has 104 valence electrons. The zero-order chi connectivity index (χ0) is 13.9. The highest BCUT2D eigenvalue weighted by molar-refractivity contribution is 7.20. The summed E-state index contributed by atoms with van der Waals surface area (Å²) in [6, 6.07) is 2.22. The zero-order valence-corrected chi connectivity index (χ0v) is 13.0. The third-order valence-electron chi connectivity index (χ3n) is 3.55. The standard InChI is InChI=1S/C15H23BO2S/c1-5-6-7-8-9-13-10-14(19-11-13)16-17-12(2)15(3,4)18-16/h10-11H,2,5-9H2,1,3-4H3. The Labute approximate surface area is 121 Å². The van der Waals surface area contributed by atoms with Gasteiger partial charge in [-0.1, -0.05) is 32.8 Å². The second-order valence-corrected chi connectivity index (χ2v) is 6.61. The van der Waals surface area contributed by atoms with E-state index in [2.05, 4.69) is 24.9 Å². The Balaban J connectivity index is 1.89. The lowest BCUT2D eigenvalue weighted by Gasteiger charge is -2.15. The van der Waals surface area contributed by atoms with Crippen molar-refractivity contribution in [1.82, 2.24) is 0 Å². The molecule has 2 nitrogen and oxygen atoms in total. The molecule has 0 amide bonds. The number of unbranched alkanes of at least 4 members (excludes halogenated alkanes) is 3. The van der Waals surface area contributed by atoms with Gasteiger partial charge in [0, 0.05) is 0 Å². The molecule has 0 unspecified atom stereocenters. The molecule has 0 bridgehead atoms. The highest BCUT2D eigenvalue weighted by Crippen LogP contribution is 2.30. The van der Waals surface area contributed by atoms with Gasteiger partial charge in [0.15, 0.2) is 0 Å². The van der Waals surface area contributed by atoms with E-state index in [0.29, 0.717) is 0 Å². The van der Waals surface area contributed by atoms with Crippen LogP contribution in [0.4, 0.5) is 0 Å². The molecule has 1 fully saturated rings. The molecule has 1 aromatic heterocycles. The van der Waals surface area contributed by atoms with Crippen LogP contribution in [0.25, 0.3) is 0 Å². The van der Waals surface area contributed by atoms with Crippen molar-refractivity contribution in [3.05, 3.63) is 29.3 Å². The maximum absolute atomic E-state index is 5.89. The topological polar surface area (TPSA) is 18.5 Å². The highest BCUT2D eigenvalue weighted by atomic mass is 32.1. The van der Waals surface area contributed by atoms with Crippen LogP contribution in [0, 0.1) is 0 Å². The van der Waals surface area contributed by atoms with Gasteiger partial charge in [-0.25, -0.2) is 0 Å². The smallest absolute Gasteiger partial charge is 0.533 e. The quantitative estimate of drug-likeness (QED) is 0.580. The Morgan fingerprint density at radius 2 is 2.11 bits per heavy atom. The molecule has 1 aliphatic heterocycles. The number of rotatable bonds is 6. The summed E-state index contributed by atoms with van der Waals surface area (Å²) in [5.41, 5.74) is 1.02. The van der Waals surface area contributed by atoms with Crippen molar-refractivity contribution in [3.63, 3.8) is 0 Å². The maximum atomic E-state index is 5.89. The lowest BCUT2D eigenvalue weighted by Crippen LogP contribution is -2.32. The molecule has 0 spiro atoms. The van der Waals surface area contributed by atoms with Crippen molar-refractivity contribution in [2.75, 3.05) is 0 Å². The predicted octanol–water partition coefficient (Wildman–Crippen LogP) is 3.91. The summed E-state index contributed by atoms with van der Waals surface area (Å²) in [5, 5.41) is 2.22. The van der Waals surface area contributed by atoms with Crippen LogP contribution in [0.15, 0.2) is 23.8 Å². The maximum Gasteiger partial charge on any atom is 0.574 e. The SMILES string of the molecule is C=C1OB(c2cc(CCCCCC)cs2)OC1(C)C. The lowest BCUT2D eigenvalue weighted by atomic mass is 9.87. The average Bonchev–Trinajstić information content (AvgIpc) is 2.91. The van der Waals surface area contributed by atoms with Gasteiger partial charge in [0.05, 0.1) is 10.5 Å². The first kappa shape index (κ1) is 14.7. The molecule has 0 radical (unpaired) electrons. The lowest BCUT2D eigenvalue weighted by molar-refractivity contribution is 0.173. The highest BCUT2D eigenvalue weighted by Gasteiger charge is 2.43. The summed E-state index contributed by atoms with van der Waals surface area (Å²) in [6.45, 7) is 10.1. The van der Waals surface area contributed by atoms with Gasteiger partial charge in [-0.05, 0) is 43.7 Å². The van der Waals surface area contributed by atoms with Crippen LogP contribution in [-0.4, -0.2) is 12.7 Å². The van der Waals surface area contributed by atoms with Gasteiger partial charge in [0.2, 0.25) is 0 Å². The van der Waals surface area contributed by atoms with Crippen molar-refractivity contribution in [1.29, 1.82) is 0 Å². The summed E-state index contributed by atoms with van der Waals surface area (Å²) in [7, 11) is -0.267. The van der Waals surface area contributed by atoms with Crippen LogP contribution < -0.4 is 4.78 Å². The molecular formula is C15H23BO2S. The number of hydrogen-bond donors (Lipinski definition) is 0. The first-order valence-electron chi connectivity index (χ1n) is 7.14. The van der Waals surface area contributed by atoms with Gasteiger partial charge in [-0.15, -0.1) is 0 Å². The van der Waals surface area contributed by atoms with Crippen LogP contribution >= 0.6 is 11.3 Å². The molecule has 0 atom stereocenters. The van der Waals surface area contributed by atoms with Crippen LogP contribution in [-0.2, 0) is 15.7 Å². The van der Waals surface area contributed by atoms with E-state index in [9.17, 15) is 0 Å². The van der Waals surface area contributed by atoms with Gasteiger partial charge in [-0.2, -0.15) is 11.3 Å². The fourth-order valence-corrected chi connectivity index (χ4v) is 3.05. The molecule has 2 heterocycles. The third-order valence-corrected chi connectivity index (χ3v) is 4.55. The monoisotopic (exact) mass is 278 g/mol. The van der Waals surface area contributed by atoms with Crippen molar-refractivity contribution < 1.29 is 9.31 Å². The van der Waals surface area contributed by atoms with Crippen LogP contribution in [0.5, 0.6) is 0 Å². The van der Waals surface area contributed by atoms with E-state index in [-0.39, 0.29) is 12.7 Å². The average molecular weight is 278 g/mol. The summed E-state index contributed by atoms with van der Waals surface area (Å²) in [6.07, 6.45) is 6.37. The van der Waals surface area contributed by atoms with Gasteiger partial charge in [0.1, 0.15) is 5.60 Å². The van der Waals surface area contributed by atoms with Crippen molar-refractivity contribution >= 4 is 23.2 Å². The Morgan fingerprint density at radius 1 is 1.32 bits per heavy atom. The fourth-order valence-electron chi connectivity index (χ4n) is 2.15. The third kappa shape index (κ3) is 3.64. The van der Waals surface area contributed by atoms with Gasteiger partial charge >= 0.3 is 7.12 Å². The number of hydrogen-bond acceptors (Lipinski definition) is 3. The molecular weight excluding hydrogens is 255 g/mol. The first-order chi connectivity index (χ1) is 9.03. The number of aryl methyl sites for hydroxylation is 1. The van der Waals surface area contributed by atoms with Crippen LogP contribution in [0.3, 0.4) is 0 Å². The first-order valence-corrected chi connectivity index (χ1v) is 8.02. The molecule has 4 heteroatoms. The summed E-state index contributed by atoms with van der Waals surface area (Å²) < 4.78 is 12.8. The van der Waals surface area contributed by atoms with E-state index in [1.165, 1.54) is 31.2 Å². The van der Waals surface area contributed by atoms with Gasteiger partial charge < -0.3 is 9.31 Å². The largest absolute Gasteiger partial charge is 0.574 e. The Morgan fingerprint density at radius 3 is 2.74 bits per heavy atom. The van der Waals surface area contributed by atoms with E-state index in [1.807, 2.05) is 13.8 Å². The molecule has 2 rings (SSSR count). The van der Waals surface area contributed by atoms with Crippen molar-refractivity contribution in [2.45, 2.75) is 58.5 Å². The van der Waals surface area contributed by atoms with E-state index in [0.717, 1.165) is 17.0 Å². The molecule has 19 heavy (non-hydrogen) atoms. The normalized spacial score (nSPS) is 17.8. The van der Waals surface area contributed by atoms with Crippen molar-refractivity contribution in [3.8, 4) is 0 Å². The Bertz CT molecular complexity index is 439. The van der Waals surface area contributed by atoms with Crippen molar-refractivity contribution in [2.24, 2.45) is 0 Å². The molecule has 1 saturated heterocycles. The van der Waals surface area contributed by atoms with Gasteiger partial charge in [-0.3, -0.25) is 0 Å². The second kappa shape index (κ2) is 6.14. The molecule has 0 saturated carbocycles. The molecule has 1 aromatic rings. The molecule has 0 N–H and O–H groups in total. The Hall–Kier alpha value is -0.735. The van der Waals surface area contributed by atoms with Crippen LogP contribution in [0.1, 0.15) is 52.0 Å². The minimum Gasteiger partial charge on any atom is -0.533 e. The summed E-state index contributed by atoms with van der Waals surface area (Å²) in [5.74, 6) is 0.718. The Kier molecular flexibility index (Phi) is 4.74.